The van der Waals surface area contributed by atoms with Gasteiger partial charge in [-0.05, 0) is 11.1 Å². The zero-order chi connectivity index (χ0) is 8.93. The van der Waals surface area contributed by atoms with Crippen LogP contribution in [0.25, 0.3) is 0 Å². The highest BCUT2D eigenvalue weighted by atomic mass is 16.5. The largest absolute Gasteiger partial charge is 0.372 e. The van der Waals surface area contributed by atoms with Crippen LogP contribution in [-0.2, 0) is 4.74 Å². The maximum atomic E-state index is 5.52. The van der Waals surface area contributed by atoms with E-state index in [1.165, 1.54) is 11.1 Å². The molecule has 66 valence electrons. The van der Waals surface area contributed by atoms with Gasteiger partial charge in [-0.3, -0.25) is 0 Å². The van der Waals surface area contributed by atoms with E-state index in [9.17, 15) is 0 Å². The Morgan fingerprint density at radius 2 is 1.31 bits per heavy atom. The highest BCUT2D eigenvalue weighted by molar-refractivity contribution is 5.35. The van der Waals surface area contributed by atoms with Crippen LogP contribution in [0.4, 0.5) is 0 Å². The highest BCUT2D eigenvalue weighted by Gasteiger charge is 1.98. The van der Waals surface area contributed by atoms with Crippen molar-refractivity contribution in [3.8, 4) is 0 Å². The van der Waals surface area contributed by atoms with Gasteiger partial charge in [-0.1, -0.05) is 48.6 Å². The molecule has 0 spiro atoms. The lowest BCUT2D eigenvalue weighted by Gasteiger charge is -2.02. The number of hydrogen-bond donors (Lipinski definition) is 0. The highest BCUT2D eigenvalue weighted by Crippen LogP contribution is 2.09. The first-order chi connectivity index (χ1) is 6.45. The van der Waals surface area contributed by atoms with E-state index in [-0.39, 0.29) is 0 Å². The Balaban J connectivity index is 2.41. The molecule has 0 aliphatic carbocycles. The smallest absolute Gasteiger partial charge is 0.0721 e. The van der Waals surface area contributed by atoms with Gasteiger partial charge in [-0.15, -0.1) is 0 Å². The van der Waals surface area contributed by atoms with E-state index >= 15 is 0 Å². The molecule has 0 unspecified atom stereocenters. The van der Waals surface area contributed by atoms with Crippen LogP contribution in [-0.4, -0.2) is 13.2 Å². The van der Waals surface area contributed by atoms with Crippen LogP contribution in [0.2, 0.25) is 0 Å². The van der Waals surface area contributed by atoms with Crippen molar-refractivity contribution in [1.82, 2.24) is 0 Å². The minimum absolute atomic E-state index is 0.694. The first kappa shape index (κ1) is 8.27. The van der Waals surface area contributed by atoms with Gasteiger partial charge < -0.3 is 4.74 Å². The monoisotopic (exact) mass is 172 g/mol. The van der Waals surface area contributed by atoms with E-state index in [1.807, 2.05) is 24.3 Å². The molecule has 0 aromatic heterocycles. The number of allylic oxidation sites excluding steroid dienone is 6. The second-order valence-electron chi connectivity index (χ2n) is 3.08. The molecule has 0 aromatic rings. The van der Waals surface area contributed by atoms with Crippen molar-refractivity contribution in [2.75, 3.05) is 13.2 Å². The predicted molar refractivity (Wildman–Crippen MR) is 54.4 cm³/mol. The zero-order valence-corrected chi connectivity index (χ0v) is 7.44. The molecule has 1 nitrogen and oxygen atoms in total. The Hall–Kier alpha value is -1.34. The molecule has 1 heteroatoms. The fraction of sp³-hybridized carbons (Fsp3) is 0.167. The summed E-state index contributed by atoms with van der Waals surface area (Å²) in [6.45, 7) is 1.39. The third kappa shape index (κ3) is 2.30. The molecule has 2 aliphatic rings. The normalized spacial score (nSPS) is 20.9. The van der Waals surface area contributed by atoms with Crippen molar-refractivity contribution >= 4 is 0 Å². The van der Waals surface area contributed by atoms with Crippen LogP contribution in [0.3, 0.4) is 0 Å². The van der Waals surface area contributed by atoms with E-state index in [0.717, 1.165) is 0 Å². The number of rotatable bonds is 0. The number of ether oxygens (including phenoxy) is 1. The lowest BCUT2D eigenvalue weighted by molar-refractivity contribution is 0.184. The van der Waals surface area contributed by atoms with Gasteiger partial charge in [0.2, 0.25) is 0 Å². The molecular weight excluding hydrogens is 160 g/mol. The molecule has 0 fully saturated rings. The maximum absolute atomic E-state index is 5.52. The van der Waals surface area contributed by atoms with Crippen molar-refractivity contribution in [2.45, 2.75) is 0 Å². The van der Waals surface area contributed by atoms with Crippen LogP contribution in [0.15, 0.2) is 59.8 Å². The zero-order valence-electron chi connectivity index (χ0n) is 7.44. The van der Waals surface area contributed by atoms with Gasteiger partial charge in [0.05, 0.1) is 13.2 Å². The van der Waals surface area contributed by atoms with Crippen LogP contribution < -0.4 is 0 Å². The Labute approximate surface area is 78.4 Å². The molecule has 0 saturated heterocycles. The lowest BCUT2D eigenvalue weighted by Crippen LogP contribution is -1.98. The molecule has 0 atom stereocenters. The van der Waals surface area contributed by atoms with Crippen LogP contribution in [0.5, 0.6) is 0 Å². The van der Waals surface area contributed by atoms with E-state index < -0.39 is 0 Å². The number of hydrogen-bond acceptors (Lipinski definition) is 1. The molecule has 0 N–H and O–H groups in total. The third-order valence-corrected chi connectivity index (χ3v) is 2.00. The first-order valence-electron chi connectivity index (χ1n) is 4.44. The van der Waals surface area contributed by atoms with E-state index in [0.29, 0.717) is 13.2 Å². The van der Waals surface area contributed by atoms with Gasteiger partial charge in [0, 0.05) is 0 Å². The fourth-order valence-electron chi connectivity index (χ4n) is 1.31. The topological polar surface area (TPSA) is 9.23 Å². The third-order valence-electron chi connectivity index (χ3n) is 2.00. The van der Waals surface area contributed by atoms with Crippen molar-refractivity contribution in [1.29, 1.82) is 0 Å². The SMILES string of the molecule is C1=CC=C2C=CC=CC(=C1)COC2. The van der Waals surface area contributed by atoms with Crippen LogP contribution in [0, 0.1) is 0 Å². The molecule has 2 bridgehead atoms. The average molecular weight is 172 g/mol. The van der Waals surface area contributed by atoms with E-state index in [1.54, 1.807) is 0 Å². The van der Waals surface area contributed by atoms with Crippen LogP contribution >= 0.6 is 0 Å². The minimum atomic E-state index is 0.694. The Morgan fingerprint density at radius 3 is 1.85 bits per heavy atom. The molecule has 0 saturated carbocycles. The summed E-state index contributed by atoms with van der Waals surface area (Å²) in [5.74, 6) is 0. The Morgan fingerprint density at radius 1 is 0.769 bits per heavy atom. The molecule has 0 aromatic carbocycles. The summed E-state index contributed by atoms with van der Waals surface area (Å²) in [6.07, 6.45) is 16.5. The molecular formula is C12H12O. The van der Waals surface area contributed by atoms with Gasteiger partial charge in [0.1, 0.15) is 0 Å². The van der Waals surface area contributed by atoms with E-state index in [2.05, 4.69) is 24.3 Å². The van der Waals surface area contributed by atoms with Crippen molar-refractivity contribution in [3.63, 3.8) is 0 Å². The van der Waals surface area contributed by atoms with Crippen LogP contribution in [0.1, 0.15) is 0 Å². The lowest BCUT2D eigenvalue weighted by atomic mass is 10.2. The van der Waals surface area contributed by atoms with Gasteiger partial charge in [0.15, 0.2) is 0 Å². The summed E-state index contributed by atoms with van der Waals surface area (Å²) >= 11 is 0. The van der Waals surface area contributed by atoms with Crippen molar-refractivity contribution < 1.29 is 4.74 Å². The van der Waals surface area contributed by atoms with E-state index in [4.69, 9.17) is 4.74 Å². The summed E-state index contributed by atoms with van der Waals surface area (Å²) in [5, 5.41) is 0. The predicted octanol–water partition coefficient (Wildman–Crippen LogP) is 2.55. The Bertz CT molecular complexity index is 295. The van der Waals surface area contributed by atoms with Gasteiger partial charge >= 0.3 is 0 Å². The summed E-state index contributed by atoms with van der Waals surface area (Å²) < 4.78 is 5.52. The van der Waals surface area contributed by atoms with Crippen molar-refractivity contribution in [2.24, 2.45) is 0 Å². The fourth-order valence-corrected chi connectivity index (χ4v) is 1.31. The average Bonchev–Trinajstić information content (AvgIpc) is 2.33. The number of fused-ring (bicyclic) bond motifs is 4. The first-order valence-corrected chi connectivity index (χ1v) is 4.44. The Kier molecular flexibility index (Phi) is 2.58. The van der Waals surface area contributed by atoms with Gasteiger partial charge in [-0.2, -0.15) is 0 Å². The second-order valence-corrected chi connectivity index (χ2v) is 3.08. The summed E-state index contributed by atoms with van der Waals surface area (Å²) in [5.41, 5.74) is 2.41. The van der Waals surface area contributed by atoms with Gasteiger partial charge in [-0.25, -0.2) is 0 Å². The summed E-state index contributed by atoms with van der Waals surface area (Å²) in [7, 11) is 0. The minimum Gasteiger partial charge on any atom is -0.372 e. The molecule has 2 heterocycles. The molecule has 2 aliphatic heterocycles. The molecule has 0 amide bonds. The summed E-state index contributed by atoms with van der Waals surface area (Å²) in [6, 6.07) is 0. The molecule has 2 rings (SSSR count). The van der Waals surface area contributed by atoms with Crippen molar-refractivity contribution in [3.05, 3.63) is 59.8 Å². The molecule has 13 heavy (non-hydrogen) atoms. The maximum Gasteiger partial charge on any atom is 0.0721 e. The molecule has 0 radical (unpaired) electrons. The quantitative estimate of drug-likeness (QED) is 0.545. The standard InChI is InChI=1S/C12H12O/c1-2-6-12-8-4-3-7-11(5-1)9-13-10-12/h1-8H,9-10H2. The second kappa shape index (κ2) is 4.06. The summed E-state index contributed by atoms with van der Waals surface area (Å²) in [4.78, 5) is 0. The van der Waals surface area contributed by atoms with Gasteiger partial charge in [0.25, 0.3) is 0 Å².